The first-order valence-electron chi connectivity index (χ1n) is 3.21. The minimum Gasteiger partial charge on any atom is -0.292 e. The third-order valence-electron chi connectivity index (χ3n) is 1.30. The van der Waals surface area contributed by atoms with Crippen LogP contribution in [0.4, 0.5) is 0 Å². The Hall–Kier alpha value is -1.68. The van der Waals surface area contributed by atoms with E-state index in [-0.39, 0.29) is 5.56 Å². The van der Waals surface area contributed by atoms with Crippen LogP contribution < -0.4 is 0 Å². The second-order valence-electron chi connectivity index (χ2n) is 2.07. The van der Waals surface area contributed by atoms with Crippen LogP contribution >= 0.6 is 0 Å². The van der Waals surface area contributed by atoms with Crippen molar-refractivity contribution >= 4 is 11.8 Å². The van der Waals surface area contributed by atoms with Gasteiger partial charge in [-0.3, -0.25) is 9.68 Å². The zero-order chi connectivity index (χ0) is 8.97. The van der Waals surface area contributed by atoms with Gasteiger partial charge in [-0.1, -0.05) is 30.3 Å². The van der Waals surface area contributed by atoms with Gasteiger partial charge in [-0.05, 0) is 0 Å². The number of benzene rings is 1. The van der Waals surface area contributed by atoms with Gasteiger partial charge in [0.05, 0.1) is 0 Å². The maximum atomic E-state index is 10.9. The van der Waals surface area contributed by atoms with E-state index in [2.05, 4.69) is 4.89 Å². The molecule has 0 saturated carbocycles. The molecule has 4 heteroatoms. The zero-order valence-corrected chi connectivity index (χ0v) is 6.06. The van der Waals surface area contributed by atoms with Gasteiger partial charge in [0.25, 0.3) is 5.78 Å². The topological polar surface area (TPSA) is 63.6 Å². The number of hydrogen-bond acceptors (Lipinski definition) is 4. The lowest BCUT2D eigenvalue weighted by atomic mass is 10.1. The van der Waals surface area contributed by atoms with E-state index in [9.17, 15) is 9.59 Å². The Kier molecular flexibility index (Phi) is 2.55. The minimum atomic E-state index is -1.28. The molecule has 0 heterocycles. The molecular formula is C8H6O4. The molecule has 0 fully saturated rings. The standard InChI is InChI=1S/C8H6O4/c9-7(8(10)12-11)6-4-2-1-3-5-6/h1-5,11H. The molecule has 4 nitrogen and oxygen atoms in total. The van der Waals surface area contributed by atoms with Crippen molar-refractivity contribution in [2.75, 3.05) is 0 Å². The molecule has 1 aromatic carbocycles. The van der Waals surface area contributed by atoms with E-state index in [1.807, 2.05) is 0 Å². The molecule has 1 aromatic rings. The summed E-state index contributed by atoms with van der Waals surface area (Å²) in [6.45, 7) is 0. The van der Waals surface area contributed by atoms with Crippen molar-refractivity contribution in [1.29, 1.82) is 0 Å². The van der Waals surface area contributed by atoms with E-state index in [1.54, 1.807) is 18.2 Å². The monoisotopic (exact) mass is 166 g/mol. The summed E-state index contributed by atoms with van der Waals surface area (Å²) in [7, 11) is 0. The molecule has 0 aliphatic carbocycles. The zero-order valence-electron chi connectivity index (χ0n) is 6.06. The average Bonchev–Trinajstić information content (AvgIpc) is 2.17. The van der Waals surface area contributed by atoms with Crippen LogP contribution in [0.15, 0.2) is 30.3 Å². The molecule has 0 atom stereocenters. The molecular weight excluding hydrogens is 160 g/mol. The number of hydrogen-bond donors (Lipinski definition) is 1. The third-order valence-corrected chi connectivity index (χ3v) is 1.30. The normalized spacial score (nSPS) is 9.08. The Morgan fingerprint density at radius 3 is 2.25 bits per heavy atom. The van der Waals surface area contributed by atoms with E-state index in [0.29, 0.717) is 0 Å². The molecule has 0 amide bonds. The summed E-state index contributed by atoms with van der Waals surface area (Å²) in [6, 6.07) is 7.84. The van der Waals surface area contributed by atoms with Crippen molar-refractivity contribution in [3.05, 3.63) is 35.9 Å². The molecule has 0 aliphatic rings. The molecule has 0 unspecified atom stereocenters. The second kappa shape index (κ2) is 3.64. The lowest BCUT2D eigenvalue weighted by Crippen LogP contribution is -2.15. The average molecular weight is 166 g/mol. The fraction of sp³-hybridized carbons (Fsp3) is 0. The van der Waals surface area contributed by atoms with Crippen LogP contribution in [-0.4, -0.2) is 17.0 Å². The van der Waals surface area contributed by atoms with Crippen LogP contribution in [0.1, 0.15) is 10.4 Å². The quantitative estimate of drug-likeness (QED) is 0.306. The van der Waals surface area contributed by atoms with E-state index < -0.39 is 11.8 Å². The molecule has 62 valence electrons. The largest absolute Gasteiger partial charge is 0.412 e. The summed E-state index contributed by atoms with van der Waals surface area (Å²) < 4.78 is 0. The highest BCUT2D eigenvalue weighted by Gasteiger charge is 2.16. The number of carbonyl (C=O) groups is 2. The predicted octanol–water partition coefficient (Wildman–Crippen LogP) is 0.886. The molecule has 1 rings (SSSR count). The maximum Gasteiger partial charge on any atom is 0.412 e. The Balaban J connectivity index is 2.86. The Bertz CT molecular complexity index is 291. The smallest absolute Gasteiger partial charge is 0.292 e. The summed E-state index contributed by atoms with van der Waals surface area (Å²) >= 11 is 0. The highest BCUT2D eigenvalue weighted by atomic mass is 17.1. The summed E-state index contributed by atoms with van der Waals surface area (Å²) in [5.41, 5.74) is 0.191. The van der Waals surface area contributed by atoms with Gasteiger partial charge in [0.2, 0.25) is 0 Å². The van der Waals surface area contributed by atoms with Gasteiger partial charge in [0, 0.05) is 5.56 Å². The molecule has 0 aliphatic heterocycles. The SMILES string of the molecule is O=C(OO)C(=O)c1ccccc1. The summed E-state index contributed by atoms with van der Waals surface area (Å²) in [4.78, 5) is 24.7. The van der Waals surface area contributed by atoms with Gasteiger partial charge in [-0.25, -0.2) is 4.79 Å². The first-order valence-corrected chi connectivity index (χ1v) is 3.21. The molecule has 12 heavy (non-hydrogen) atoms. The fourth-order valence-corrected chi connectivity index (χ4v) is 0.749. The summed E-state index contributed by atoms with van der Waals surface area (Å²) in [5.74, 6) is -2.14. The van der Waals surface area contributed by atoms with Crippen LogP contribution in [0.2, 0.25) is 0 Å². The number of Topliss-reactive ketones (excluding diaryl/α,β-unsaturated/α-hetero) is 1. The van der Waals surface area contributed by atoms with Crippen molar-refractivity contribution in [3.8, 4) is 0 Å². The molecule has 1 N–H and O–H groups in total. The van der Waals surface area contributed by atoms with Gasteiger partial charge in [-0.2, -0.15) is 5.26 Å². The number of rotatable bonds is 2. The molecule has 0 bridgehead atoms. The molecule has 0 radical (unpaired) electrons. The summed E-state index contributed by atoms with van der Waals surface area (Å²) in [6.07, 6.45) is 0. The second-order valence-corrected chi connectivity index (χ2v) is 2.07. The minimum absolute atomic E-state index is 0.191. The van der Waals surface area contributed by atoms with Gasteiger partial charge in [-0.15, -0.1) is 0 Å². The van der Waals surface area contributed by atoms with E-state index in [1.165, 1.54) is 12.1 Å². The number of carbonyl (C=O) groups excluding carboxylic acids is 2. The van der Waals surface area contributed by atoms with Crippen molar-refractivity contribution in [2.24, 2.45) is 0 Å². The van der Waals surface area contributed by atoms with E-state index >= 15 is 0 Å². The van der Waals surface area contributed by atoms with Gasteiger partial charge in [0.1, 0.15) is 0 Å². The third kappa shape index (κ3) is 1.67. The summed E-state index contributed by atoms with van der Waals surface area (Å²) in [5, 5.41) is 7.90. The molecule has 0 spiro atoms. The van der Waals surface area contributed by atoms with Crippen LogP contribution in [0.25, 0.3) is 0 Å². The van der Waals surface area contributed by atoms with Crippen molar-refractivity contribution in [1.82, 2.24) is 0 Å². The van der Waals surface area contributed by atoms with Crippen LogP contribution in [0, 0.1) is 0 Å². The van der Waals surface area contributed by atoms with Gasteiger partial charge in [0.15, 0.2) is 0 Å². The van der Waals surface area contributed by atoms with E-state index in [0.717, 1.165) is 0 Å². The van der Waals surface area contributed by atoms with Crippen LogP contribution in [0.3, 0.4) is 0 Å². The first-order chi connectivity index (χ1) is 5.75. The molecule has 0 aromatic heterocycles. The Morgan fingerprint density at radius 2 is 1.75 bits per heavy atom. The highest BCUT2D eigenvalue weighted by Crippen LogP contribution is 2.00. The number of ketones is 1. The Labute approximate surface area is 68.3 Å². The highest BCUT2D eigenvalue weighted by molar-refractivity contribution is 6.40. The van der Waals surface area contributed by atoms with Crippen molar-refractivity contribution < 1.29 is 19.7 Å². The van der Waals surface area contributed by atoms with Gasteiger partial charge < -0.3 is 0 Å². The lowest BCUT2D eigenvalue weighted by molar-refractivity contribution is -0.227. The fourth-order valence-electron chi connectivity index (χ4n) is 0.749. The van der Waals surface area contributed by atoms with Crippen LogP contribution in [-0.2, 0) is 9.68 Å². The Morgan fingerprint density at radius 1 is 1.17 bits per heavy atom. The van der Waals surface area contributed by atoms with Crippen molar-refractivity contribution in [2.45, 2.75) is 0 Å². The molecule has 0 saturated heterocycles. The lowest BCUT2D eigenvalue weighted by Gasteiger charge is -1.94. The van der Waals surface area contributed by atoms with Crippen LogP contribution in [0.5, 0.6) is 0 Å². The van der Waals surface area contributed by atoms with Gasteiger partial charge >= 0.3 is 5.97 Å². The van der Waals surface area contributed by atoms with E-state index in [4.69, 9.17) is 5.26 Å². The maximum absolute atomic E-state index is 10.9. The van der Waals surface area contributed by atoms with Crippen molar-refractivity contribution in [3.63, 3.8) is 0 Å². The predicted molar refractivity (Wildman–Crippen MR) is 39.5 cm³/mol. The first kappa shape index (κ1) is 8.42.